The highest BCUT2D eigenvalue weighted by Crippen LogP contribution is 2.15. The molecule has 0 aromatic heterocycles. The van der Waals surface area contributed by atoms with Crippen molar-refractivity contribution >= 4 is 23.2 Å². The molecule has 1 unspecified atom stereocenters. The maximum Gasteiger partial charge on any atom is 0.0474 e. The zero-order valence-electron chi connectivity index (χ0n) is 9.18. The number of benzene rings is 1. The fourth-order valence-electron chi connectivity index (χ4n) is 1.55. The lowest BCUT2D eigenvalue weighted by Gasteiger charge is -2.08. The van der Waals surface area contributed by atoms with Gasteiger partial charge in [-0.1, -0.05) is 44.0 Å². The number of halogens is 2. The molecule has 1 aromatic rings. The number of hydrogen-bond acceptors (Lipinski definition) is 0. The first kappa shape index (κ1) is 12.9. The molecule has 0 saturated heterocycles. The minimum absolute atomic E-state index is 0.270. The SMILES string of the molecule is CCCCC(Cl)Cc1ccc(CCl)cc1. The molecule has 84 valence electrons. The lowest BCUT2D eigenvalue weighted by molar-refractivity contribution is 0.674. The maximum absolute atomic E-state index is 6.24. The normalized spacial score (nSPS) is 12.7. The molecule has 0 heterocycles. The van der Waals surface area contributed by atoms with Gasteiger partial charge in [0.25, 0.3) is 0 Å². The van der Waals surface area contributed by atoms with Gasteiger partial charge in [-0.15, -0.1) is 23.2 Å². The van der Waals surface area contributed by atoms with E-state index < -0.39 is 0 Å². The number of alkyl halides is 2. The van der Waals surface area contributed by atoms with Crippen LogP contribution in [0.1, 0.15) is 37.3 Å². The first-order valence-corrected chi connectivity index (χ1v) is 6.51. The number of rotatable bonds is 6. The monoisotopic (exact) mass is 244 g/mol. The molecule has 0 aliphatic rings. The van der Waals surface area contributed by atoms with Crippen LogP contribution in [0.15, 0.2) is 24.3 Å². The Morgan fingerprint density at radius 3 is 2.27 bits per heavy atom. The van der Waals surface area contributed by atoms with Crippen LogP contribution in [0, 0.1) is 0 Å². The minimum Gasteiger partial charge on any atom is -0.123 e. The van der Waals surface area contributed by atoms with E-state index in [1.165, 1.54) is 24.0 Å². The van der Waals surface area contributed by atoms with Crippen molar-refractivity contribution in [1.82, 2.24) is 0 Å². The van der Waals surface area contributed by atoms with Crippen LogP contribution < -0.4 is 0 Å². The number of hydrogen-bond donors (Lipinski definition) is 0. The van der Waals surface area contributed by atoms with Crippen LogP contribution in [0.2, 0.25) is 0 Å². The van der Waals surface area contributed by atoms with Gasteiger partial charge in [0.2, 0.25) is 0 Å². The van der Waals surface area contributed by atoms with Gasteiger partial charge in [-0.05, 0) is 24.0 Å². The molecule has 1 aromatic carbocycles. The van der Waals surface area contributed by atoms with Crippen LogP contribution in [0.4, 0.5) is 0 Å². The molecule has 2 heteroatoms. The third kappa shape index (κ3) is 4.90. The molecule has 0 spiro atoms. The second kappa shape index (κ2) is 7.14. The van der Waals surface area contributed by atoms with E-state index in [1.54, 1.807) is 0 Å². The highest BCUT2D eigenvalue weighted by molar-refractivity contribution is 6.20. The Morgan fingerprint density at radius 2 is 1.73 bits per heavy atom. The van der Waals surface area contributed by atoms with Crippen LogP contribution in [0.5, 0.6) is 0 Å². The van der Waals surface area contributed by atoms with Crippen LogP contribution in [-0.2, 0) is 12.3 Å². The Bertz CT molecular complexity index is 266. The van der Waals surface area contributed by atoms with Gasteiger partial charge < -0.3 is 0 Å². The molecule has 15 heavy (non-hydrogen) atoms. The standard InChI is InChI=1S/C13H18Cl2/c1-2-3-4-13(15)9-11-5-7-12(10-14)8-6-11/h5-8,13H,2-4,9-10H2,1H3. The van der Waals surface area contributed by atoms with Crippen molar-refractivity contribution in [3.8, 4) is 0 Å². The Morgan fingerprint density at radius 1 is 1.13 bits per heavy atom. The van der Waals surface area contributed by atoms with E-state index in [0.29, 0.717) is 5.88 Å². The lowest BCUT2D eigenvalue weighted by Crippen LogP contribution is -2.03. The van der Waals surface area contributed by atoms with E-state index in [9.17, 15) is 0 Å². The summed E-state index contributed by atoms with van der Waals surface area (Å²) in [6.07, 6.45) is 4.50. The average Bonchev–Trinajstić information content (AvgIpc) is 2.27. The molecule has 0 fully saturated rings. The molecule has 1 atom stereocenters. The van der Waals surface area contributed by atoms with Gasteiger partial charge >= 0.3 is 0 Å². The molecule has 0 bridgehead atoms. The van der Waals surface area contributed by atoms with Crippen molar-refractivity contribution < 1.29 is 0 Å². The summed E-state index contributed by atoms with van der Waals surface area (Å²) in [4.78, 5) is 0. The molecule has 0 nitrogen and oxygen atoms in total. The Labute approximate surface area is 103 Å². The predicted molar refractivity (Wildman–Crippen MR) is 68.9 cm³/mol. The number of unbranched alkanes of at least 4 members (excludes halogenated alkanes) is 1. The summed E-state index contributed by atoms with van der Waals surface area (Å²) >= 11 is 12.0. The molecule has 0 N–H and O–H groups in total. The largest absolute Gasteiger partial charge is 0.123 e. The van der Waals surface area contributed by atoms with Crippen molar-refractivity contribution in [2.45, 2.75) is 43.9 Å². The minimum atomic E-state index is 0.270. The first-order valence-electron chi connectivity index (χ1n) is 5.54. The quantitative estimate of drug-likeness (QED) is 0.633. The zero-order chi connectivity index (χ0) is 11.1. The van der Waals surface area contributed by atoms with Gasteiger partial charge in [0.15, 0.2) is 0 Å². The fourth-order valence-corrected chi connectivity index (χ4v) is 2.06. The second-order valence-corrected chi connectivity index (χ2v) is 4.78. The Kier molecular flexibility index (Phi) is 6.12. The van der Waals surface area contributed by atoms with Gasteiger partial charge in [0, 0.05) is 11.3 Å². The maximum atomic E-state index is 6.24. The zero-order valence-corrected chi connectivity index (χ0v) is 10.7. The highest BCUT2D eigenvalue weighted by Gasteiger charge is 2.05. The topological polar surface area (TPSA) is 0 Å². The van der Waals surface area contributed by atoms with Gasteiger partial charge in [0.1, 0.15) is 0 Å². The smallest absolute Gasteiger partial charge is 0.0474 e. The van der Waals surface area contributed by atoms with Crippen molar-refractivity contribution in [1.29, 1.82) is 0 Å². The molecule has 1 rings (SSSR count). The van der Waals surface area contributed by atoms with E-state index in [4.69, 9.17) is 23.2 Å². The molecule has 0 aliphatic heterocycles. The van der Waals surface area contributed by atoms with Crippen LogP contribution in [0.3, 0.4) is 0 Å². The highest BCUT2D eigenvalue weighted by atomic mass is 35.5. The summed E-state index contributed by atoms with van der Waals surface area (Å²) in [5.41, 5.74) is 2.47. The lowest BCUT2D eigenvalue weighted by atomic mass is 10.0. The molecule has 0 radical (unpaired) electrons. The summed E-state index contributed by atoms with van der Waals surface area (Å²) in [6.45, 7) is 2.19. The van der Waals surface area contributed by atoms with Crippen molar-refractivity contribution in [3.05, 3.63) is 35.4 Å². The van der Waals surface area contributed by atoms with Gasteiger partial charge in [-0.3, -0.25) is 0 Å². The van der Waals surface area contributed by atoms with Crippen LogP contribution in [-0.4, -0.2) is 5.38 Å². The molecular formula is C13H18Cl2. The third-order valence-electron chi connectivity index (χ3n) is 2.51. The Balaban J connectivity index is 2.42. The van der Waals surface area contributed by atoms with E-state index in [2.05, 4.69) is 31.2 Å². The van der Waals surface area contributed by atoms with Gasteiger partial charge in [-0.2, -0.15) is 0 Å². The second-order valence-electron chi connectivity index (χ2n) is 3.89. The summed E-state index contributed by atoms with van der Waals surface area (Å²) in [5, 5.41) is 0.270. The van der Waals surface area contributed by atoms with E-state index in [-0.39, 0.29) is 5.38 Å². The van der Waals surface area contributed by atoms with E-state index in [0.717, 1.165) is 12.8 Å². The summed E-state index contributed by atoms with van der Waals surface area (Å²) in [7, 11) is 0. The van der Waals surface area contributed by atoms with E-state index in [1.807, 2.05) is 0 Å². The van der Waals surface area contributed by atoms with Crippen molar-refractivity contribution in [3.63, 3.8) is 0 Å². The van der Waals surface area contributed by atoms with E-state index >= 15 is 0 Å². The molecule has 0 aliphatic carbocycles. The summed E-state index contributed by atoms with van der Waals surface area (Å²) in [5.74, 6) is 0.584. The third-order valence-corrected chi connectivity index (χ3v) is 3.19. The predicted octanol–water partition coefficient (Wildman–Crippen LogP) is 4.77. The fraction of sp³-hybridized carbons (Fsp3) is 0.538. The molecule has 0 amide bonds. The molecule has 0 saturated carbocycles. The van der Waals surface area contributed by atoms with Gasteiger partial charge in [-0.25, -0.2) is 0 Å². The van der Waals surface area contributed by atoms with Crippen LogP contribution >= 0.6 is 23.2 Å². The average molecular weight is 245 g/mol. The summed E-state index contributed by atoms with van der Waals surface area (Å²) < 4.78 is 0. The van der Waals surface area contributed by atoms with Crippen molar-refractivity contribution in [2.24, 2.45) is 0 Å². The van der Waals surface area contributed by atoms with Crippen LogP contribution in [0.25, 0.3) is 0 Å². The Hall–Kier alpha value is -0.200. The molecular weight excluding hydrogens is 227 g/mol. The van der Waals surface area contributed by atoms with Crippen molar-refractivity contribution in [2.75, 3.05) is 0 Å². The first-order chi connectivity index (χ1) is 7.26. The summed E-state index contributed by atoms with van der Waals surface area (Å²) in [6, 6.07) is 8.40. The van der Waals surface area contributed by atoms with Gasteiger partial charge in [0.05, 0.1) is 0 Å².